The van der Waals surface area contributed by atoms with Crippen LogP contribution in [0, 0.1) is 145 Å². The van der Waals surface area contributed by atoms with Crippen LogP contribution >= 0.6 is 0 Å². The van der Waals surface area contributed by atoms with Gasteiger partial charge in [0, 0.05) is 68.8 Å². The number of aromatic nitrogens is 4. The fourth-order valence-electron chi connectivity index (χ4n) is 18.8. The Bertz CT molecular complexity index is 6600. The van der Waals surface area contributed by atoms with Gasteiger partial charge in [0.2, 0.25) is 22.8 Å². The predicted octanol–water partition coefficient (Wildman–Crippen LogP) is 28.5. The van der Waals surface area contributed by atoms with Gasteiger partial charge in [0.1, 0.15) is 28.2 Å². The monoisotopic (exact) mass is 1580 g/mol. The molecule has 16 rings (SSSR count). The molecule has 606 valence electrons. The molecule has 4 nitrogen and oxygen atoms in total. The summed E-state index contributed by atoms with van der Waals surface area (Å²) in [5.41, 5.74) is 58.9. The van der Waals surface area contributed by atoms with Crippen LogP contribution < -0.4 is 18.3 Å². The van der Waals surface area contributed by atoms with E-state index in [2.05, 4.69) is 477 Å². The van der Waals surface area contributed by atoms with Crippen molar-refractivity contribution in [2.75, 3.05) is 0 Å². The van der Waals surface area contributed by atoms with Crippen molar-refractivity contribution in [1.29, 1.82) is 0 Å². The molecule has 0 saturated heterocycles. The summed E-state index contributed by atoms with van der Waals surface area (Å²) in [5, 5.41) is 0. The molecule has 12 aromatic carbocycles. The largest absolute Gasteiger partial charge is 0.213 e. The van der Waals surface area contributed by atoms with Crippen molar-refractivity contribution in [2.24, 2.45) is 28.2 Å². The minimum atomic E-state index is 1.24. The Balaban J connectivity index is 0.000000139. The van der Waals surface area contributed by atoms with Crippen molar-refractivity contribution in [2.45, 2.75) is 145 Å². The second-order valence-corrected chi connectivity index (χ2v) is 34.2. The van der Waals surface area contributed by atoms with Gasteiger partial charge in [0.15, 0.2) is 24.8 Å². The third-order valence-corrected chi connectivity index (χ3v) is 25.3. The molecule has 16 aromatic rings. The zero-order chi connectivity index (χ0) is 86.5. The molecule has 0 N–H and O–H groups in total. The SMILES string of the molecule is Cc1c[n+](C)c(-c2ccc(C)c(-c3ccccc3C)c2C)cc1-c1c(C)cccc1C.Cc1c[n+](C)c(-c2ccc(C)c(-c3ccccc3C)c2C)cc1-c1ccccc1.Cc1ccc(-c2cc(-c3ccc(C)c(-c4ccccc4C)c3C)[n+](C)cc2C)c(C)c1.Cc1ccccc1-c1cc(-c2ccc(C)c(-c3ccccc3C)c2C)[n+](C)cc1C. The van der Waals surface area contributed by atoms with E-state index < -0.39 is 0 Å². The first-order valence-corrected chi connectivity index (χ1v) is 42.9. The van der Waals surface area contributed by atoms with Crippen molar-refractivity contribution in [3.63, 3.8) is 0 Å². The standard InChI is InChI=1S/2C30H32N.C29H30N.C28H28N/c1-19-11-8-9-14-25(19)30-22(4)15-16-26(24(30)6)28-17-27(23(5)18-31(28)7)29-20(2)12-10-13-21(29)3;1-19-12-14-25(22(4)16-19)28-17-29(31(7)18-23(28)5)27-15-13-21(3)30(24(27)6)26-11-9-8-10-20(26)2;1-19-11-7-9-13-24(19)27-17-28(30(6)18-22(27)4)26-16-15-21(3)29(23(26)5)25-14-10-8-12-20(25)2;1-19-11-9-10-14-24(19)28-20(2)15-16-25(22(28)4)27-17-26(21(3)18-29(27)5)23-12-7-6-8-13-23/h2*8-18H,1-7H3;7-18H,1-6H3;6-18H,1-5H3/q4*+1. The number of rotatable bonds is 12. The fraction of sp³-hybridized carbons (Fsp3) is 0.214. The van der Waals surface area contributed by atoms with Crippen LogP contribution in [-0.4, -0.2) is 0 Å². The van der Waals surface area contributed by atoms with E-state index in [1.807, 2.05) is 0 Å². The molecule has 121 heavy (non-hydrogen) atoms. The predicted molar refractivity (Wildman–Crippen MR) is 515 cm³/mol. The van der Waals surface area contributed by atoms with E-state index >= 15 is 0 Å². The van der Waals surface area contributed by atoms with E-state index in [9.17, 15) is 0 Å². The molecule has 4 heteroatoms. The van der Waals surface area contributed by atoms with Crippen LogP contribution in [0.2, 0.25) is 0 Å². The third-order valence-electron chi connectivity index (χ3n) is 25.3. The number of aryl methyl sites for hydroxylation is 21. The molecular formula is C117H122N4+4. The van der Waals surface area contributed by atoms with E-state index in [4.69, 9.17) is 0 Å². The van der Waals surface area contributed by atoms with Gasteiger partial charge >= 0.3 is 0 Å². The highest BCUT2D eigenvalue weighted by Gasteiger charge is 2.27. The van der Waals surface area contributed by atoms with Gasteiger partial charge in [0.25, 0.3) is 0 Å². The maximum absolute atomic E-state index is 2.38. The summed E-state index contributed by atoms with van der Waals surface area (Å²) in [4.78, 5) is 0. The molecule has 0 bridgehead atoms. The lowest BCUT2D eigenvalue weighted by atomic mass is 9.87. The number of benzene rings is 12. The van der Waals surface area contributed by atoms with Gasteiger partial charge in [-0.25, -0.2) is 18.3 Å². The van der Waals surface area contributed by atoms with E-state index in [0.717, 1.165) is 0 Å². The summed E-state index contributed by atoms with van der Waals surface area (Å²) in [6.07, 6.45) is 9.02. The van der Waals surface area contributed by atoms with Crippen LogP contribution in [0.25, 0.3) is 134 Å². The van der Waals surface area contributed by atoms with E-state index in [1.54, 1.807) is 0 Å². The Morgan fingerprint density at radius 2 is 0.388 bits per heavy atom. The van der Waals surface area contributed by atoms with Crippen molar-refractivity contribution in [3.8, 4) is 134 Å². The second kappa shape index (κ2) is 36.8. The van der Waals surface area contributed by atoms with Crippen LogP contribution in [0.3, 0.4) is 0 Å². The van der Waals surface area contributed by atoms with Crippen LogP contribution in [-0.2, 0) is 28.2 Å². The van der Waals surface area contributed by atoms with Gasteiger partial charge in [-0.2, -0.15) is 0 Å². The fourth-order valence-corrected chi connectivity index (χ4v) is 18.8. The van der Waals surface area contributed by atoms with Crippen molar-refractivity contribution < 1.29 is 18.3 Å². The summed E-state index contributed by atoms with van der Waals surface area (Å²) in [6, 6.07) is 95.0. The van der Waals surface area contributed by atoms with E-state index in [1.165, 1.54) is 251 Å². The maximum atomic E-state index is 2.38. The molecule has 0 aliphatic carbocycles. The minimum absolute atomic E-state index is 1.24. The lowest BCUT2D eigenvalue weighted by Crippen LogP contribution is -2.31. The smallest absolute Gasteiger partial charge is 0.201 e. The van der Waals surface area contributed by atoms with Crippen LogP contribution in [0.4, 0.5) is 0 Å². The molecule has 0 amide bonds. The average molecular weight is 1580 g/mol. The molecule has 0 atom stereocenters. The Morgan fingerprint density at radius 1 is 0.149 bits per heavy atom. The maximum Gasteiger partial charge on any atom is 0.213 e. The van der Waals surface area contributed by atoms with Gasteiger partial charge in [-0.05, 0) is 348 Å². The number of pyridine rings is 4. The third kappa shape index (κ3) is 17.9. The molecule has 4 heterocycles. The molecule has 0 fully saturated rings. The van der Waals surface area contributed by atoms with Gasteiger partial charge < -0.3 is 0 Å². The first-order chi connectivity index (χ1) is 57.9. The van der Waals surface area contributed by atoms with E-state index in [0.29, 0.717) is 0 Å². The van der Waals surface area contributed by atoms with Crippen molar-refractivity contribution in [3.05, 3.63) is 402 Å². The zero-order valence-corrected chi connectivity index (χ0v) is 76.4. The highest BCUT2D eigenvalue weighted by atomic mass is 14.9. The Morgan fingerprint density at radius 3 is 0.702 bits per heavy atom. The molecular weight excluding hydrogens is 1460 g/mol. The summed E-state index contributed by atoms with van der Waals surface area (Å²) in [7, 11) is 8.60. The Kier molecular flexibility index (Phi) is 26.2. The van der Waals surface area contributed by atoms with Crippen molar-refractivity contribution >= 4 is 0 Å². The number of hydrogen-bond donors (Lipinski definition) is 0. The molecule has 0 aliphatic rings. The zero-order valence-electron chi connectivity index (χ0n) is 76.4. The molecule has 0 spiro atoms. The normalized spacial score (nSPS) is 11.0. The molecule has 0 aliphatic heterocycles. The summed E-state index contributed by atoms with van der Waals surface area (Å²) in [5.74, 6) is 0. The minimum Gasteiger partial charge on any atom is -0.201 e. The molecule has 0 saturated carbocycles. The van der Waals surface area contributed by atoms with Gasteiger partial charge in [-0.3, -0.25) is 0 Å². The molecule has 4 aromatic heterocycles. The highest BCUT2D eigenvalue weighted by molar-refractivity contribution is 5.87. The molecule has 0 unspecified atom stereocenters. The summed E-state index contributed by atoms with van der Waals surface area (Å²) < 4.78 is 9.05. The first-order valence-electron chi connectivity index (χ1n) is 42.9. The van der Waals surface area contributed by atoms with Crippen LogP contribution in [0.1, 0.15) is 117 Å². The Hall–Kier alpha value is -12.8. The van der Waals surface area contributed by atoms with E-state index in [-0.39, 0.29) is 0 Å². The van der Waals surface area contributed by atoms with Crippen molar-refractivity contribution in [1.82, 2.24) is 0 Å². The van der Waals surface area contributed by atoms with Crippen LogP contribution in [0.15, 0.2) is 286 Å². The van der Waals surface area contributed by atoms with Gasteiger partial charge in [-0.15, -0.1) is 0 Å². The quantitative estimate of drug-likeness (QED) is 0.108. The summed E-state index contributed by atoms with van der Waals surface area (Å²) >= 11 is 0. The average Bonchev–Trinajstić information content (AvgIpc) is 0.776. The number of hydrogen-bond acceptors (Lipinski definition) is 0. The number of nitrogens with zero attached hydrogens (tertiary/aromatic N) is 4. The van der Waals surface area contributed by atoms with Gasteiger partial charge in [-0.1, -0.05) is 218 Å². The lowest BCUT2D eigenvalue weighted by Gasteiger charge is -2.17. The Labute approximate surface area is 723 Å². The highest BCUT2D eigenvalue weighted by Crippen LogP contribution is 2.43. The summed E-state index contributed by atoms with van der Waals surface area (Å²) in [6.45, 7) is 46.5. The first kappa shape index (κ1) is 86.1. The topological polar surface area (TPSA) is 15.5 Å². The van der Waals surface area contributed by atoms with Crippen LogP contribution in [0.5, 0.6) is 0 Å². The van der Waals surface area contributed by atoms with Gasteiger partial charge in [0.05, 0.1) is 0 Å². The molecule has 0 radical (unpaired) electrons. The lowest BCUT2D eigenvalue weighted by molar-refractivity contribution is -0.660. The second-order valence-electron chi connectivity index (χ2n) is 34.2.